The van der Waals surface area contributed by atoms with E-state index in [4.69, 9.17) is 15.2 Å². The third-order valence-electron chi connectivity index (χ3n) is 5.32. The summed E-state index contributed by atoms with van der Waals surface area (Å²) in [5.74, 6) is -0.128. The van der Waals surface area contributed by atoms with E-state index >= 15 is 0 Å². The van der Waals surface area contributed by atoms with Crippen molar-refractivity contribution in [3.8, 4) is 11.5 Å². The number of primary amides is 1. The Balaban J connectivity index is 0.000000784. The predicted molar refractivity (Wildman–Crippen MR) is 132 cm³/mol. The van der Waals surface area contributed by atoms with Crippen LogP contribution >= 0.6 is 0 Å². The Morgan fingerprint density at radius 3 is 2.37 bits per heavy atom. The van der Waals surface area contributed by atoms with Crippen LogP contribution < -0.4 is 25.8 Å². The maximum absolute atomic E-state index is 12.3. The van der Waals surface area contributed by atoms with Crippen molar-refractivity contribution < 1.29 is 27.4 Å². The number of fused-ring (bicyclic) bond motifs is 1. The first-order chi connectivity index (χ1) is 16.7. The molecule has 0 saturated carbocycles. The van der Waals surface area contributed by atoms with Gasteiger partial charge >= 0.3 is 6.18 Å². The molecule has 2 aromatic rings. The number of amides is 1. The first kappa shape index (κ1) is 28.3. The number of nitrogens with one attached hydrogen (secondary N) is 2. The normalized spacial score (nSPS) is 12.3. The standard InChI is InChI=1S/C21H24F3N3O3.C5H12/c22-21(23,24)13-30-18-4-2-1-3-17(18)29-10-9-26-7-5-14-11-15-6-8-27-19(15)16(12-14)20(25)28;1-3-5-4-2/h1-4,11-12,26-27H,5-10,13H2,(H2,25,28);3-5H2,1-2H3. The highest BCUT2D eigenvalue weighted by Gasteiger charge is 2.29. The molecule has 1 heterocycles. The van der Waals surface area contributed by atoms with E-state index in [9.17, 15) is 18.0 Å². The number of hydrogen-bond acceptors (Lipinski definition) is 5. The minimum absolute atomic E-state index is 0.0561. The highest BCUT2D eigenvalue weighted by molar-refractivity contribution is 5.99. The summed E-state index contributed by atoms with van der Waals surface area (Å²) in [6.07, 6.45) is 1.24. The van der Waals surface area contributed by atoms with Gasteiger partial charge in [0, 0.05) is 13.1 Å². The Hall–Kier alpha value is -2.94. The van der Waals surface area contributed by atoms with Gasteiger partial charge in [-0.2, -0.15) is 13.2 Å². The number of rotatable bonds is 12. The second-order valence-electron chi connectivity index (χ2n) is 8.27. The topological polar surface area (TPSA) is 85.6 Å². The van der Waals surface area contributed by atoms with Gasteiger partial charge in [-0.05, 0) is 48.7 Å². The van der Waals surface area contributed by atoms with Crippen LogP contribution in [0.1, 0.15) is 54.6 Å². The quantitative estimate of drug-likeness (QED) is 0.357. The lowest BCUT2D eigenvalue weighted by atomic mass is 10.0. The van der Waals surface area contributed by atoms with Crippen molar-refractivity contribution in [2.45, 2.75) is 52.1 Å². The fraction of sp³-hybridized carbons (Fsp3) is 0.500. The van der Waals surface area contributed by atoms with Crippen LogP contribution in [-0.4, -0.2) is 44.9 Å². The minimum atomic E-state index is -4.41. The lowest BCUT2D eigenvalue weighted by molar-refractivity contribution is -0.153. The molecule has 0 bridgehead atoms. The van der Waals surface area contributed by atoms with Crippen LogP contribution in [0.25, 0.3) is 0 Å². The number of para-hydroxylation sites is 2. The summed E-state index contributed by atoms with van der Waals surface area (Å²) in [4.78, 5) is 11.7. The second-order valence-corrected chi connectivity index (χ2v) is 8.27. The van der Waals surface area contributed by atoms with E-state index in [1.165, 1.54) is 25.3 Å². The molecule has 4 N–H and O–H groups in total. The van der Waals surface area contributed by atoms with Gasteiger partial charge in [0.15, 0.2) is 18.1 Å². The molecule has 0 radical (unpaired) electrons. The molecule has 35 heavy (non-hydrogen) atoms. The first-order valence-corrected chi connectivity index (χ1v) is 12.1. The summed E-state index contributed by atoms with van der Waals surface area (Å²) in [5, 5.41) is 6.41. The molecule has 1 aliphatic rings. The lowest BCUT2D eigenvalue weighted by Crippen LogP contribution is -2.24. The van der Waals surface area contributed by atoms with E-state index < -0.39 is 18.7 Å². The molecule has 0 aliphatic carbocycles. The number of halogens is 3. The molecule has 1 aliphatic heterocycles. The second kappa shape index (κ2) is 14.5. The SMILES string of the molecule is CCCCC.NC(=O)c1cc(CCNCCOc2ccccc2OCC(F)(F)F)cc2c1NCC2. The molecular formula is C26H36F3N3O3. The van der Waals surface area contributed by atoms with Crippen LogP contribution in [0.15, 0.2) is 36.4 Å². The summed E-state index contributed by atoms with van der Waals surface area (Å²) < 4.78 is 47.4. The molecule has 0 fully saturated rings. The highest BCUT2D eigenvalue weighted by Crippen LogP contribution is 2.29. The van der Waals surface area contributed by atoms with Crippen molar-refractivity contribution in [3.63, 3.8) is 0 Å². The van der Waals surface area contributed by atoms with Crippen molar-refractivity contribution >= 4 is 11.6 Å². The van der Waals surface area contributed by atoms with Gasteiger partial charge in [0.05, 0.1) is 11.3 Å². The Labute approximate surface area is 205 Å². The van der Waals surface area contributed by atoms with Crippen LogP contribution in [-0.2, 0) is 12.8 Å². The third kappa shape index (κ3) is 10.1. The fourth-order valence-corrected chi connectivity index (χ4v) is 3.63. The van der Waals surface area contributed by atoms with Crippen molar-refractivity contribution in [3.05, 3.63) is 53.1 Å². The summed E-state index contributed by atoms with van der Waals surface area (Å²) in [6, 6.07) is 10.1. The zero-order valence-corrected chi connectivity index (χ0v) is 20.5. The van der Waals surface area contributed by atoms with E-state index in [0.29, 0.717) is 25.1 Å². The number of nitrogens with two attached hydrogens (primary N) is 1. The van der Waals surface area contributed by atoms with E-state index in [1.807, 2.05) is 6.07 Å². The molecule has 0 aromatic heterocycles. The maximum Gasteiger partial charge on any atom is 0.422 e. The molecule has 0 saturated heterocycles. The van der Waals surface area contributed by atoms with Crippen molar-refractivity contribution in [1.82, 2.24) is 5.32 Å². The van der Waals surface area contributed by atoms with Crippen LogP contribution in [0.5, 0.6) is 11.5 Å². The zero-order chi connectivity index (χ0) is 25.7. The average molecular weight is 496 g/mol. The summed E-state index contributed by atoms with van der Waals surface area (Å²) in [6.45, 7) is 5.28. The van der Waals surface area contributed by atoms with Crippen molar-refractivity contribution in [2.24, 2.45) is 5.73 Å². The van der Waals surface area contributed by atoms with Gasteiger partial charge < -0.3 is 25.8 Å². The van der Waals surface area contributed by atoms with Gasteiger partial charge in [0.25, 0.3) is 5.91 Å². The molecule has 3 rings (SSSR count). The maximum atomic E-state index is 12.3. The number of hydrogen-bond donors (Lipinski definition) is 3. The molecule has 2 aromatic carbocycles. The molecule has 194 valence electrons. The van der Waals surface area contributed by atoms with Crippen LogP contribution in [0.2, 0.25) is 0 Å². The lowest BCUT2D eigenvalue weighted by Gasteiger charge is -2.14. The number of benzene rings is 2. The van der Waals surface area contributed by atoms with Gasteiger partial charge in [-0.25, -0.2) is 0 Å². The van der Waals surface area contributed by atoms with Gasteiger partial charge in [0.1, 0.15) is 6.61 Å². The molecule has 0 unspecified atom stereocenters. The Bertz CT molecular complexity index is 934. The Morgan fingerprint density at radius 1 is 1.09 bits per heavy atom. The average Bonchev–Trinajstić information content (AvgIpc) is 3.29. The van der Waals surface area contributed by atoms with Gasteiger partial charge in [0.2, 0.25) is 0 Å². The number of alkyl halides is 3. The van der Waals surface area contributed by atoms with Gasteiger partial charge in [-0.3, -0.25) is 4.79 Å². The zero-order valence-electron chi connectivity index (χ0n) is 20.5. The molecule has 0 spiro atoms. The summed E-state index contributed by atoms with van der Waals surface area (Å²) in [5.41, 5.74) is 8.94. The van der Waals surface area contributed by atoms with Crippen LogP contribution in [0.4, 0.5) is 18.9 Å². The molecule has 1 amide bonds. The van der Waals surface area contributed by atoms with Gasteiger partial charge in [-0.15, -0.1) is 0 Å². The van der Waals surface area contributed by atoms with Crippen LogP contribution in [0, 0.1) is 0 Å². The smallest absolute Gasteiger partial charge is 0.422 e. The van der Waals surface area contributed by atoms with E-state index in [-0.39, 0.29) is 18.1 Å². The largest absolute Gasteiger partial charge is 0.488 e. The number of carbonyl (C=O) groups is 1. The van der Waals surface area contributed by atoms with Crippen molar-refractivity contribution in [2.75, 3.05) is 38.2 Å². The monoisotopic (exact) mass is 495 g/mol. The molecule has 6 nitrogen and oxygen atoms in total. The van der Waals surface area contributed by atoms with Crippen molar-refractivity contribution in [1.29, 1.82) is 0 Å². The minimum Gasteiger partial charge on any atom is -0.488 e. The van der Waals surface area contributed by atoms with Crippen LogP contribution in [0.3, 0.4) is 0 Å². The third-order valence-corrected chi connectivity index (χ3v) is 5.32. The molecular weight excluding hydrogens is 459 g/mol. The Kier molecular flexibility index (Phi) is 11.7. The number of unbranched alkanes of at least 4 members (excludes halogenated alkanes) is 2. The Morgan fingerprint density at radius 2 is 1.77 bits per heavy atom. The van der Waals surface area contributed by atoms with Gasteiger partial charge in [-0.1, -0.05) is 51.3 Å². The summed E-state index contributed by atoms with van der Waals surface area (Å²) in [7, 11) is 0. The van der Waals surface area contributed by atoms with E-state index in [1.54, 1.807) is 18.2 Å². The summed E-state index contributed by atoms with van der Waals surface area (Å²) >= 11 is 0. The molecule has 0 atom stereocenters. The number of anilines is 1. The fourth-order valence-electron chi connectivity index (χ4n) is 3.63. The highest BCUT2D eigenvalue weighted by atomic mass is 19.4. The van der Waals surface area contributed by atoms with E-state index in [2.05, 4.69) is 30.5 Å². The van der Waals surface area contributed by atoms with E-state index in [0.717, 1.165) is 29.8 Å². The number of carbonyl (C=O) groups excluding carboxylic acids is 1. The first-order valence-electron chi connectivity index (χ1n) is 12.1. The molecule has 9 heteroatoms. The predicted octanol–water partition coefficient (Wildman–Crippen LogP) is 5.10. The number of ether oxygens (including phenoxy) is 2.